The van der Waals surface area contributed by atoms with Gasteiger partial charge in [-0.15, -0.1) is 11.3 Å². The highest BCUT2D eigenvalue weighted by Crippen LogP contribution is 2.14. The van der Waals surface area contributed by atoms with Crippen molar-refractivity contribution in [3.63, 3.8) is 0 Å². The Balaban J connectivity index is 1.99. The molecule has 1 amide bonds. The highest BCUT2D eigenvalue weighted by molar-refractivity contribution is 7.09. The van der Waals surface area contributed by atoms with Crippen molar-refractivity contribution in [3.8, 4) is 0 Å². The van der Waals surface area contributed by atoms with Gasteiger partial charge >= 0.3 is 0 Å². The molecule has 13 heavy (non-hydrogen) atoms. The van der Waals surface area contributed by atoms with Crippen LogP contribution in [-0.2, 0) is 11.3 Å². The first-order valence-electron chi connectivity index (χ1n) is 4.17. The zero-order chi connectivity index (χ0) is 9.26. The predicted octanol–water partition coefficient (Wildman–Crippen LogP) is 0.203. The number of aromatic nitrogens is 1. The lowest BCUT2D eigenvalue weighted by Crippen LogP contribution is -2.27. The van der Waals surface area contributed by atoms with Gasteiger partial charge in [-0.2, -0.15) is 0 Å². The molecule has 0 aromatic carbocycles. The average molecular weight is 197 g/mol. The van der Waals surface area contributed by atoms with E-state index in [1.54, 1.807) is 22.4 Å². The number of nitrogens with two attached hydrogens (primary N) is 1. The maximum Gasteiger partial charge on any atom is 0.224 e. The summed E-state index contributed by atoms with van der Waals surface area (Å²) in [6.07, 6.45) is 2.23. The number of amides is 1. The summed E-state index contributed by atoms with van der Waals surface area (Å²) in [4.78, 5) is 17.2. The molecule has 0 saturated carbocycles. The van der Waals surface area contributed by atoms with Gasteiger partial charge in [-0.1, -0.05) is 0 Å². The van der Waals surface area contributed by atoms with Gasteiger partial charge in [0.2, 0.25) is 5.91 Å². The summed E-state index contributed by atoms with van der Waals surface area (Å²) < 4.78 is 0. The summed E-state index contributed by atoms with van der Waals surface area (Å²) in [7, 11) is 0. The average Bonchev–Trinajstić information content (AvgIpc) is 2.63. The lowest BCUT2D eigenvalue weighted by molar-refractivity contribution is -0.128. The minimum Gasteiger partial charge on any atom is -0.334 e. The van der Waals surface area contributed by atoms with Gasteiger partial charge in [-0.3, -0.25) is 4.79 Å². The van der Waals surface area contributed by atoms with Crippen LogP contribution in [0.25, 0.3) is 0 Å². The van der Waals surface area contributed by atoms with Crippen LogP contribution in [0.3, 0.4) is 0 Å². The molecule has 4 nitrogen and oxygen atoms in total. The normalized spacial score (nSPS) is 22.7. The molecule has 1 atom stereocenters. The number of carbonyl (C=O) groups is 1. The Morgan fingerprint density at radius 2 is 2.62 bits per heavy atom. The Labute approximate surface area is 80.4 Å². The Morgan fingerprint density at radius 1 is 1.77 bits per heavy atom. The Kier molecular flexibility index (Phi) is 2.28. The minimum atomic E-state index is 0.00691. The fraction of sp³-hybridized carbons (Fsp3) is 0.500. The molecule has 0 bridgehead atoms. The predicted molar refractivity (Wildman–Crippen MR) is 50.1 cm³/mol. The first kappa shape index (κ1) is 8.65. The van der Waals surface area contributed by atoms with Crippen LogP contribution < -0.4 is 5.73 Å². The minimum absolute atomic E-state index is 0.00691. The number of hydrogen-bond donors (Lipinski definition) is 1. The van der Waals surface area contributed by atoms with Crippen LogP contribution in [0.1, 0.15) is 11.4 Å². The molecule has 1 aromatic heterocycles. The maximum atomic E-state index is 11.3. The molecule has 1 fully saturated rings. The van der Waals surface area contributed by atoms with Crippen molar-refractivity contribution < 1.29 is 4.79 Å². The Bertz CT molecular complexity index is 298. The van der Waals surface area contributed by atoms with Gasteiger partial charge in [-0.05, 0) is 0 Å². The molecule has 1 aliphatic heterocycles. The van der Waals surface area contributed by atoms with Crippen molar-refractivity contribution in [2.45, 2.75) is 19.0 Å². The SMILES string of the molecule is NC1CC(=O)N(Cc2nccs2)C1. The van der Waals surface area contributed by atoms with Crippen LogP contribution in [0.2, 0.25) is 0 Å². The molecule has 1 aliphatic rings. The Morgan fingerprint density at radius 3 is 3.15 bits per heavy atom. The van der Waals surface area contributed by atoms with Crippen molar-refractivity contribution in [2.24, 2.45) is 5.73 Å². The van der Waals surface area contributed by atoms with E-state index >= 15 is 0 Å². The van der Waals surface area contributed by atoms with Crippen LogP contribution in [0.5, 0.6) is 0 Å². The van der Waals surface area contributed by atoms with Crippen molar-refractivity contribution in [3.05, 3.63) is 16.6 Å². The van der Waals surface area contributed by atoms with E-state index < -0.39 is 0 Å². The molecular weight excluding hydrogens is 186 g/mol. The number of carbonyl (C=O) groups excluding carboxylic acids is 1. The zero-order valence-corrected chi connectivity index (χ0v) is 7.96. The van der Waals surface area contributed by atoms with Crippen LogP contribution in [0.4, 0.5) is 0 Å². The van der Waals surface area contributed by atoms with Gasteiger partial charge in [-0.25, -0.2) is 4.98 Å². The molecule has 5 heteroatoms. The number of hydrogen-bond acceptors (Lipinski definition) is 4. The number of thiazole rings is 1. The van der Waals surface area contributed by atoms with E-state index in [-0.39, 0.29) is 11.9 Å². The van der Waals surface area contributed by atoms with Crippen molar-refractivity contribution >= 4 is 17.2 Å². The van der Waals surface area contributed by atoms with Gasteiger partial charge in [0.05, 0.1) is 6.54 Å². The monoisotopic (exact) mass is 197 g/mol. The molecule has 2 rings (SSSR count). The highest BCUT2D eigenvalue weighted by atomic mass is 32.1. The van der Waals surface area contributed by atoms with Gasteiger partial charge in [0.15, 0.2) is 0 Å². The summed E-state index contributed by atoms with van der Waals surface area (Å²) in [5.41, 5.74) is 5.66. The summed E-state index contributed by atoms with van der Waals surface area (Å²) >= 11 is 1.57. The third-order valence-corrected chi connectivity index (χ3v) is 2.82. The third kappa shape index (κ3) is 1.87. The first-order valence-corrected chi connectivity index (χ1v) is 5.05. The molecule has 0 spiro atoms. The summed E-state index contributed by atoms with van der Waals surface area (Å²) in [5, 5.41) is 2.89. The lowest BCUT2D eigenvalue weighted by Gasteiger charge is -2.13. The quantitative estimate of drug-likeness (QED) is 0.737. The van der Waals surface area contributed by atoms with Gasteiger partial charge < -0.3 is 10.6 Å². The summed E-state index contributed by atoms with van der Waals surface area (Å²) in [6, 6.07) is 0.00691. The molecular formula is C8H11N3OS. The fourth-order valence-corrected chi connectivity index (χ4v) is 2.08. The number of rotatable bonds is 2. The second-order valence-electron chi connectivity index (χ2n) is 3.16. The second-order valence-corrected chi connectivity index (χ2v) is 4.14. The van der Waals surface area contributed by atoms with E-state index in [0.29, 0.717) is 19.5 Å². The molecule has 2 heterocycles. The van der Waals surface area contributed by atoms with Crippen LogP contribution in [0.15, 0.2) is 11.6 Å². The van der Waals surface area contributed by atoms with E-state index in [0.717, 1.165) is 5.01 Å². The van der Waals surface area contributed by atoms with E-state index in [4.69, 9.17) is 5.73 Å². The third-order valence-electron chi connectivity index (χ3n) is 2.05. The largest absolute Gasteiger partial charge is 0.334 e. The molecule has 0 radical (unpaired) electrons. The van der Waals surface area contributed by atoms with Gasteiger partial charge in [0.25, 0.3) is 0 Å². The van der Waals surface area contributed by atoms with Gasteiger partial charge in [0.1, 0.15) is 5.01 Å². The molecule has 1 saturated heterocycles. The molecule has 2 N–H and O–H groups in total. The van der Waals surface area contributed by atoms with Gasteiger partial charge in [0, 0.05) is 30.6 Å². The summed E-state index contributed by atoms with van der Waals surface area (Å²) in [6.45, 7) is 1.28. The van der Waals surface area contributed by atoms with Crippen LogP contribution in [-0.4, -0.2) is 28.4 Å². The van der Waals surface area contributed by atoms with E-state index in [1.165, 1.54) is 0 Å². The van der Waals surface area contributed by atoms with Crippen LogP contribution >= 0.6 is 11.3 Å². The van der Waals surface area contributed by atoms with E-state index in [2.05, 4.69) is 4.98 Å². The van der Waals surface area contributed by atoms with Crippen molar-refractivity contribution in [2.75, 3.05) is 6.54 Å². The standard InChI is InChI=1S/C8H11N3OS/c9-6-3-8(12)11(4-6)5-7-10-1-2-13-7/h1-2,6H,3-5,9H2. The fourth-order valence-electron chi connectivity index (χ4n) is 1.45. The number of nitrogens with zero attached hydrogens (tertiary/aromatic N) is 2. The van der Waals surface area contributed by atoms with Crippen LogP contribution in [0, 0.1) is 0 Å². The summed E-state index contributed by atoms with van der Waals surface area (Å²) in [5.74, 6) is 0.141. The second kappa shape index (κ2) is 3.43. The maximum absolute atomic E-state index is 11.3. The van der Waals surface area contributed by atoms with E-state index in [1.807, 2.05) is 5.38 Å². The smallest absolute Gasteiger partial charge is 0.224 e. The molecule has 70 valence electrons. The number of likely N-dealkylation sites (tertiary alicyclic amines) is 1. The van der Waals surface area contributed by atoms with Crippen molar-refractivity contribution in [1.29, 1.82) is 0 Å². The van der Waals surface area contributed by atoms with Crippen molar-refractivity contribution in [1.82, 2.24) is 9.88 Å². The molecule has 0 aliphatic carbocycles. The first-order chi connectivity index (χ1) is 6.25. The Hall–Kier alpha value is -0.940. The molecule has 1 aromatic rings. The highest BCUT2D eigenvalue weighted by Gasteiger charge is 2.26. The topological polar surface area (TPSA) is 59.2 Å². The molecule has 1 unspecified atom stereocenters. The zero-order valence-electron chi connectivity index (χ0n) is 7.14. The lowest BCUT2D eigenvalue weighted by atomic mass is 10.3. The van der Waals surface area contributed by atoms with E-state index in [9.17, 15) is 4.79 Å².